The van der Waals surface area contributed by atoms with Crippen molar-refractivity contribution in [1.29, 1.82) is 0 Å². The minimum Gasteiger partial charge on any atom is -0.489 e. The van der Waals surface area contributed by atoms with E-state index in [1.54, 1.807) is 43.5 Å². The molecule has 1 fully saturated rings. The molecule has 4 aromatic rings. The monoisotopic (exact) mass is 560 g/mol. The molecule has 2 atom stereocenters. The van der Waals surface area contributed by atoms with Crippen LogP contribution in [0.15, 0.2) is 65.3 Å². The quantitative estimate of drug-likeness (QED) is 0.247. The number of benzene rings is 2. The number of pyridine rings is 1. The van der Waals surface area contributed by atoms with Crippen molar-refractivity contribution < 1.29 is 18.4 Å². The number of urea groups is 1. The maximum absolute atomic E-state index is 16.2. The minimum atomic E-state index is -0.728. The Kier molecular flexibility index (Phi) is 8.41. The molecule has 0 aliphatic carbocycles. The van der Waals surface area contributed by atoms with E-state index in [4.69, 9.17) is 9.26 Å². The molecule has 1 saturated heterocycles. The Hall–Kier alpha value is -4.55. The van der Waals surface area contributed by atoms with Crippen molar-refractivity contribution in [2.75, 3.05) is 37.6 Å². The van der Waals surface area contributed by atoms with Crippen molar-refractivity contribution in [2.45, 2.75) is 32.5 Å². The molecule has 3 N–H and O–H groups in total. The van der Waals surface area contributed by atoms with Crippen LogP contribution in [-0.4, -0.2) is 59.5 Å². The van der Waals surface area contributed by atoms with Gasteiger partial charge in [-0.1, -0.05) is 24.2 Å². The Labute approximate surface area is 237 Å². The van der Waals surface area contributed by atoms with Gasteiger partial charge in [0.2, 0.25) is 11.7 Å². The third-order valence-electron chi connectivity index (χ3n) is 6.62. The second kappa shape index (κ2) is 12.3. The van der Waals surface area contributed by atoms with Gasteiger partial charge >= 0.3 is 6.03 Å². The lowest BCUT2D eigenvalue weighted by atomic mass is 9.98. The van der Waals surface area contributed by atoms with Crippen molar-refractivity contribution in [3.8, 4) is 17.1 Å². The lowest BCUT2D eigenvalue weighted by molar-refractivity contribution is 0.249. The van der Waals surface area contributed by atoms with E-state index in [-0.39, 0.29) is 5.75 Å². The zero-order valence-corrected chi connectivity index (χ0v) is 23.4. The first-order valence-corrected chi connectivity index (χ1v) is 13.4. The maximum Gasteiger partial charge on any atom is 0.339 e. The molecule has 5 rings (SSSR count). The molecule has 41 heavy (non-hydrogen) atoms. The number of aromatic nitrogens is 3. The maximum atomic E-state index is 16.2. The van der Waals surface area contributed by atoms with Gasteiger partial charge in [0.1, 0.15) is 12.8 Å². The highest BCUT2D eigenvalue weighted by atomic mass is 19.1. The predicted octanol–water partition coefficient (Wildman–Crippen LogP) is 4.30. The molecule has 0 spiro atoms. The van der Waals surface area contributed by atoms with E-state index in [9.17, 15) is 4.79 Å². The van der Waals surface area contributed by atoms with E-state index in [0.29, 0.717) is 48.4 Å². The van der Waals surface area contributed by atoms with E-state index in [1.807, 2.05) is 50.2 Å². The molecule has 0 saturated carbocycles. The summed E-state index contributed by atoms with van der Waals surface area (Å²) < 4.78 is 27.1. The number of aryl methyl sites for hydroxylation is 2. The van der Waals surface area contributed by atoms with Crippen molar-refractivity contribution in [3.05, 3.63) is 83.6 Å². The number of anilines is 2. The Balaban J connectivity index is 1.49. The lowest BCUT2D eigenvalue weighted by Gasteiger charge is -2.28. The number of carbonyl (C=O) groups excluding carboxylic acids is 1. The molecular weight excluding hydrogens is 527 g/mol. The molecule has 2 aromatic carbocycles. The van der Waals surface area contributed by atoms with Gasteiger partial charge in [-0.05, 0) is 68.5 Å². The highest BCUT2D eigenvalue weighted by Gasteiger charge is 2.38. The normalized spacial score (nSPS) is 15.7. The average molecular weight is 561 g/mol. The molecule has 2 amide bonds. The number of carbonyl (C=O) groups is 1. The zero-order valence-electron chi connectivity index (χ0n) is 23.4. The van der Waals surface area contributed by atoms with Crippen LogP contribution in [0.4, 0.5) is 20.7 Å². The van der Waals surface area contributed by atoms with Crippen LogP contribution >= 0.6 is 0 Å². The Morgan fingerprint density at radius 3 is 2.66 bits per heavy atom. The number of hydrogen-bond acceptors (Lipinski definition) is 9. The Morgan fingerprint density at radius 1 is 1.20 bits per heavy atom. The van der Waals surface area contributed by atoms with Crippen molar-refractivity contribution in [3.63, 3.8) is 0 Å². The van der Waals surface area contributed by atoms with Crippen LogP contribution in [0.5, 0.6) is 5.75 Å². The standard InChI is InChI=1S/C29H33FN8O3/c1-5-19-16-22(25(30)23(17-19)40-15-14-37(3)4)26(28-34-29(39)38(35-28)24-8-6-7-13-31-24)33-21-11-9-20(10-12-21)27-32-18(2)41-36-27/h6-13,16-17,26,28,33,35H,5,14-15H2,1-4H3,(H,34,39). The summed E-state index contributed by atoms with van der Waals surface area (Å²) in [5.74, 6) is 1.04. The average Bonchev–Trinajstić information content (AvgIpc) is 3.58. The SMILES string of the molecule is CCc1cc(OCCN(C)C)c(F)c(C(Nc2ccc(-c3noc(C)n3)cc2)C2NC(=O)N(c3ccccn3)N2)c1. The molecule has 1 aliphatic heterocycles. The minimum absolute atomic E-state index is 0.168. The molecular formula is C29H33FN8O3. The molecule has 0 radical (unpaired) electrons. The third-order valence-corrected chi connectivity index (χ3v) is 6.62. The Bertz CT molecular complexity index is 1480. The molecule has 12 heteroatoms. The number of ether oxygens (including phenoxy) is 1. The van der Waals surface area contributed by atoms with Crippen LogP contribution in [0.25, 0.3) is 11.4 Å². The first-order chi connectivity index (χ1) is 19.8. The van der Waals surface area contributed by atoms with E-state index >= 15 is 4.39 Å². The summed E-state index contributed by atoms with van der Waals surface area (Å²) in [7, 11) is 3.86. The molecule has 214 valence electrons. The fourth-order valence-corrected chi connectivity index (χ4v) is 4.45. The summed E-state index contributed by atoms with van der Waals surface area (Å²) in [6.07, 6.45) is 1.55. The molecule has 2 unspecified atom stereocenters. The van der Waals surface area contributed by atoms with Gasteiger partial charge in [0.25, 0.3) is 0 Å². The first kappa shape index (κ1) is 28.0. The van der Waals surface area contributed by atoms with Gasteiger partial charge in [-0.25, -0.2) is 19.2 Å². The van der Waals surface area contributed by atoms with Crippen LogP contribution in [0.3, 0.4) is 0 Å². The number of hydrogen-bond donors (Lipinski definition) is 3. The molecule has 2 aromatic heterocycles. The number of amides is 2. The van der Waals surface area contributed by atoms with Gasteiger partial charge in [0.05, 0.1) is 6.04 Å². The topological polar surface area (TPSA) is 121 Å². The van der Waals surface area contributed by atoms with Crippen LogP contribution in [0.1, 0.15) is 30.0 Å². The lowest BCUT2D eigenvalue weighted by Crippen LogP contribution is -2.44. The van der Waals surface area contributed by atoms with E-state index in [1.165, 1.54) is 5.01 Å². The predicted molar refractivity (Wildman–Crippen MR) is 153 cm³/mol. The van der Waals surface area contributed by atoms with Crippen LogP contribution in [-0.2, 0) is 6.42 Å². The summed E-state index contributed by atoms with van der Waals surface area (Å²) in [6, 6.07) is 15.1. The van der Waals surface area contributed by atoms with Crippen LogP contribution < -0.4 is 25.8 Å². The van der Waals surface area contributed by atoms with E-state index < -0.39 is 24.1 Å². The summed E-state index contributed by atoms with van der Waals surface area (Å²) in [5, 5.41) is 11.6. The highest BCUT2D eigenvalue weighted by molar-refractivity contribution is 5.92. The van der Waals surface area contributed by atoms with Crippen LogP contribution in [0.2, 0.25) is 0 Å². The van der Waals surface area contributed by atoms with Gasteiger partial charge in [0, 0.05) is 36.5 Å². The number of likely N-dealkylation sites (N-methyl/N-ethyl adjacent to an activating group) is 1. The zero-order chi connectivity index (χ0) is 28.9. The number of hydrazine groups is 1. The molecule has 0 bridgehead atoms. The molecule has 11 nitrogen and oxygen atoms in total. The van der Waals surface area contributed by atoms with Gasteiger partial charge in [-0.3, -0.25) is 0 Å². The van der Waals surface area contributed by atoms with E-state index in [2.05, 4.69) is 31.2 Å². The van der Waals surface area contributed by atoms with Gasteiger partial charge in [-0.2, -0.15) is 10.4 Å². The second-order valence-electron chi connectivity index (χ2n) is 9.92. The number of halogens is 1. The Morgan fingerprint density at radius 2 is 2.00 bits per heavy atom. The smallest absolute Gasteiger partial charge is 0.339 e. The summed E-state index contributed by atoms with van der Waals surface area (Å²) in [5.41, 5.74) is 5.88. The molecule has 1 aliphatic rings. The van der Waals surface area contributed by atoms with Crippen molar-refractivity contribution in [1.82, 2.24) is 30.8 Å². The summed E-state index contributed by atoms with van der Waals surface area (Å²) >= 11 is 0. The largest absolute Gasteiger partial charge is 0.489 e. The highest BCUT2D eigenvalue weighted by Crippen LogP contribution is 2.33. The fourth-order valence-electron chi connectivity index (χ4n) is 4.45. The summed E-state index contributed by atoms with van der Waals surface area (Å²) in [4.78, 5) is 23.5. The number of rotatable bonds is 11. The second-order valence-corrected chi connectivity index (χ2v) is 9.92. The third kappa shape index (κ3) is 6.44. The van der Waals surface area contributed by atoms with Gasteiger partial charge < -0.3 is 24.8 Å². The number of nitrogens with zero attached hydrogens (tertiary/aromatic N) is 5. The molecule has 3 heterocycles. The fraction of sp³-hybridized carbons (Fsp3) is 0.310. The number of nitrogens with one attached hydrogen (secondary N) is 3. The first-order valence-electron chi connectivity index (χ1n) is 13.4. The van der Waals surface area contributed by atoms with Crippen molar-refractivity contribution >= 4 is 17.5 Å². The summed E-state index contributed by atoms with van der Waals surface area (Å²) in [6.45, 7) is 4.70. The van der Waals surface area contributed by atoms with E-state index in [0.717, 1.165) is 11.1 Å². The van der Waals surface area contributed by atoms with Gasteiger partial charge in [0.15, 0.2) is 17.4 Å². The van der Waals surface area contributed by atoms with Crippen LogP contribution in [0, 0.1) is 12.7 Å². The van der Waals surface area contributed by atoms with Crippen molar-refractivity contribution in [2.24, 2.45) is 0 Å². The van der Waals surface area contributed by atoms with Gasteiger partial charge in [-0.15, -0.1) is 0 Å².